The lowest BCUT2D eigenvalue weighted by molar-refractivity contribution is 0.471. The van der Waals surface area contributed by atoms with E-state index < -0.39 is 0 Å². The molecule has 1 aliphatic heterocycles. The zero-order valence-electron chi connectivity index (χ0n) is 5.88. The van der Waals surface area contributed by atoms with Crippen molar-refractivity contribution >= 4 is 0 Å². The Morgan fingerprint density at radius 1 is 1.60 bits per heavy atom. The van der Waals surface area contributed by atoms with Gasteiger partial charge in [0.05, 0.1) is 0 Å². The van der Waals surface area contributed by atoms with Gasteiger partial charge in [0.25, 0.3) is 0 Å². The second kappa shape index (κ2) is 3.11. The minimum atomic E-state index is 0.611. The molecule has 0 bridgehead atoms. The van der Waals surface area contributed by atoms with Crippen molar-refractivity contribution in [3.8, 4) is 6.19 Å². The van der Waals surface area contributed by atoms with Gasteiger partial charge in [-0.3, -0.25) is 4.90 Å². The molecule has 1 aliphatic rings. The average molecular weight is 137 g/mol. The van der Waals surface area contributed by atoms with E-state index in [-0.39, 0.29) is 0 Å². The van der Waals surface area contributed by atoms with Crippen LogP contribution in [0, 0.1) is 11.5 Å². The van der Waals surface area contributed by atoms with Crippen molar-refractivity contribution in [1.29, 1.82) is 5.26 Å². The van der Waals surface area contributed by atoms with Crippen LogP contribution in [-0.4, -0.2) is 11.4 Å². The smallest absolute Gasteiger partial charge is 0.185 e. The van der Waals surface area contributed by atoms with Crippen molar-refractivity contribution in [3.63, 3.8) is 0 Å². The number of nitrogens with zero attached hydrogens (tertiary/aromatic N) is 2. The van der Waals surface area contributed by atoms with E-state index in [1.54, 1.807) is 0 Å². The summed E-state index contributed by atoms with van der Waals surface area (Å²) >= 11 is 0. The molecule has 0 spiro atoms. The van der Waals surface area contributed by atoms with Crippen LogP contribution in [0.25, 0.3) is 0 Å². The van der Waals surface area contributed by atoms with Crippen molar-refractivity contribution in [1.82, 2.24) is 4.90 Å². The Labute approximate surface area is 60.7 Å². The predicted molar refractivity (Wildman–Crippen MR) is 38.4 cm³/mol. The SMILES string of the molecule is N#CN1CCCCC=C1N. The maximum atomic E-state index is 8.54. The standard InChI is InChI=1S/C7H11N3/c8-6-10-5-3-1-2-4-7(10)9/h4H,1-3,5,9H2. The van der Waals surface area contributed by atoms with Crippen LogP contribution >= 0.6 is 0 Å². The third-order valence-electron chi connectivity index (χ3n) is 1.62. The quantitative estimate of drug-likeness (QED) is 0.501. The molecule has 3 heteroatoms. The summed E-state index contributed by atoms with van der Waals surface area (Å²) in [5, 5.41) is 8.54. The van der Waals surface area contributed by atoms with E-state index >= 15 is 0 Å². The van der Waals surface area contributed by atoms with E-state index in [2.05, 4.69) is 0 Å². The van der Waals surface area contributed by atoms with Gasteiger partial charge in [0, 0.05) is 6.54 Å². The summed E-state index contributed by atoms with van der Waals surface area (Å²) in [5.41, 5.74) is 5.55. The fourth-order valence-electron chi connectivity index (χ4n) is 1.01. The largest absolute Gasteiger partial charge is 0.385 e. The molecule has 1 rings (SSSR count). The van der Waals surface area contributed by atoms with Crippen LogP contribution in [0.5, 0.6) is 0 Å². The van der Waals surface area contributed by atoms with Crippen LogP contribution in [0.4, 0.5) is 0 Å². The Morgan fingerprint density at radius 3 is 3.10 bits per heavy atom. The Bertz CT molecular complexity index is 178. The molecule has 0 aromatic heterocycles. The van der Waals surface area contributed by atoms with Gasteiger partial charge in [0.15, 0.2) is 6.19 Å². The van der Waals surface area contributed by atoms with E-state index in [0.29, 0.717) is 5.82 Å². The van der Waals surface area contributed by atoms with Crippen molar-refractivity contribution in [2.45, 2.75) is 19.3 Å². The highest BCUT2D eigenvalue weighted by atomic mass is 15.2. The number of hydrogen-bond acceptors (Lipinski definition) is 3. The highest BCUT2D eigenvalue weighted by molar-refractivity contribution is 5.03. The molecule has 1 heterocycles. The van der Waals surface area contributed by atoms with E-state index in [1.807, 2.05) is 12.3 Å². The van der Waals surface area contributed by atoms with Crippen LogP contribution < -0.4 is 5.73 Å². The minimum Gasteiger partial charge on any atom is -0.385 e. The average Bonchev–Trinajstić information content (AvgIpc) is 2.13. The number of hydrogen-bond donors (Lipinski definition) is 1. The zero-order valence-corrected chi connectivity index (χ0v) is 5.88. The van der Waals surface area contributed by atoms with Crippen LogP contribution in [0.15, 0.2) is 11.9 Å². The van der Waals surface area contributed by atoms with Crippen molar-refractivity contribution in [2.24, 2.45) is 5.73 Å². The first-order valence-electron chi connectivity index (χ1n) is 3.47. The molecular formula is C7H11N3. The molecular weight excluding hydrogens is 126 g/mol. The molecule has 0 fully saturated rings. The maximum Gasteiger partial charge on any atom is 0.185 e. The Hall–Kier alpha value is -1.17. The molecule has 3 nitrogen and oxygen atoms in total. The Balaban J connectivity index is 2.62. The van der Waals surface area contributed by atoms with Crippen LogP contribution in [0.1, 0.15) is 19.3 Å². The molecule has 10 heavy (non-hydrogen) atoms. The topological polar surface area (TPSA) is 53.0 Å². The van der Waals surface area contributed by atoms with Gasteiger partial charge in [0.1, 0.15) is 5.82 Å². The molecule has 0 unspecified atom stereocenters. The summed E-state index contributed by atoms with van der Waals surface area (Å²) in [6.07, 6.45) is 7.15. The van der Waals surface area contributed by atoms with E-state index in [0.717, 1.165) is 25.8 Å². The first-order valence-corrected chi connectivity index (χ1v) is 3.47. The highest BCUT2D eigenvalue weighted by Crippen LogP contribution is 2.08. The highest BCUT2D eigenvalue weighted by Gasteiger charge is 2.06. The van der Waals surface area contributed by atoms with Crippen molar-refractivity contribution in [2.75, 3.05) is 6.54 Å². The summed E-state index contributed by atoms with van der Waals surface area (Å²) in [7, 11) is 0. The molecule has 0 aliphatic carbocycles. The van der Waals surface area contributed by atoms with Gasteiger partial charge in [-0.05, 0) is 25.3 Å². The lowest BCUT2D eigenvalue weighted by Gasteiger charge is -2.11. The van der Waals surface area contributed by atoms with Gasteiger partial charge in [-0.15, -0.1) is 0 Å². The third kappa shape index (κ3) is 1.41. The fraction of sp³-hybridized carbons (Fsp3) is 0.571. The number of rotatable bonds is 0. The predicted octanol–water partition coefficient (Wildman–Crippen LogP) is 0.753. The Morgan fingerprint density at radius 2 is 2.40 bits per heavy atom. The molecule has 0 aromatic carbocycles. The first-order chi connectivity index (χ1) is 4.84. The summed E-state index contributed by atoms with van der Waals surface area (Å²) in [5.74, 6) is 0.611. The first kappa shape index (κ1) is 6.94. The Kier molecular flexibility index (Phi) is 2.16. The number of nitriles is 1. The van der Waals surface area contributed by atoms with Crippen molar-refractivity contribution < 1.29 is 0 Å². The van der Waals surface area contributed by atoms with Crippen molar-refractivity contribution in [3.05, 3.63) is 11.9 Å². The molecule has 0 radical (unpaired) electrons. The second-order valence-corrected chi connectivity index (χ2v) is 2.38. The van der Waals surface area contributed by atoms with E-state index in [9.17, 15) is 0 Å². The fourth-order valence-corrected chi connectivity index (χ4v) is 1.01. The second-order valence-electron chi connectivity index (χ2n) is 2.38. The van der Waals surface area contributed by atoms with Gasteiger partial charge in [0.2, 0.25) is 0 Å². The lowest BCUT2D eigenvalue weighted by Crippen LogP contribution is -2.22. The minimum absolute atomic E-state index is 0.611. The summed E-state index contributed by atoms with van der Waals surface area (Å²) in [6.45, 7) is 0.777. The number of nitrogens with two attached hydrogens (primary N) is 1. The van der Waals surface area contributed by atoms with Crippen LogP contribution in [0.3, 0.4) is 0 Å². The maximum absolute atomic E-state index is 8.54. The zero-order chi connectivity index (χ0) is 7.40. The van der Waals surface area contributed by atoms with E-state index in [4.69, 9.17) is 11.0 Å². The molecule has 0 saturated carbocycles. The molecule has 2 N–H and O–H groups in total. The van der Waals surface area contributed by atoms with Gasteiger partial charge in [-0.2, -0.15) is 5.26 Å². The van der Waals surface area contributed by atoms with Crippen LogP contribution in [-0.2, 0) is 0 Å². The van der Waals surface area contributed by atoms with Gasteiger partial charge in [-0.1, -0.05) is 0 Å². The summed E-state index contributed by atoms with van der Waals surface area (Å²) < 4.78 is 0. The summed E-state index contributed by atoms with van der Waals surface area (Å²) in [6, 6.07) is 0. The summed E-state index contributed by atoms with van der Waals surface area (Å²) in [4.78, 5) is 1.53. The molecule has 0 aromatic rings. The third-order valence-corrected chi connectivity index (χ3v) is 1.62. The van der Waals surface area contributed by atoms with Gasteiger partial charge < -0.3 is 5.73 Å². The molecule has 0 atom stereocenters. The lowest BCUT2D eigenvalue weighted by atomic mass is 10.2. The van der Waals surface area contributed by atoms with Gasteiger partial charge in [-0.25, -0.2) is 0 Å². The monoisotopic (exact) mass is 137 g/mol. The van der Waals surface area contributed by atoms with E-state index in [1.165, 1.54) is 4.90 Å². The molecule has 54 valence electrons. The molecule has 0 amide bonds. The van der Waals surface area contributed by atoms with Crippen LogP contribution in [0.2, 0.25) is 0 Å². The molecule has 0 saturated heterocycles. The number of allylic oxidation sites excluding steroid dienone is 1. The normalized spacial score (nSPS) is 19.1. The van der Waals surface area contributed by atoms with Gasteiger partial charge >= 0.3 is 0 Å².